The second-order valence-corrected chi connectivity index (χ2v) is 8.79. The molecule has 3 aromatic rings. The molecule has 2 heterocycles. The number of methoxy groups -OCH3 is 2. The molecule has 32 heavy (non-hydrogen) atoms. The van der Waals surface area contributed by atoms with Gasteiger partial charge in [-0.15, -0.1) is 0 Å². The molecule has 0 fully saturated rings. The Balaban J connectivity index is 1.36. The molecule has 0 amide bonds. The second kappa shape index (κ2) is 8.96. The third-order valence-corrected chi connectivity index (χ3v) is 6.87. The molecule has 0 bridgehead atoms. The highest BCUT2D eigenvalue weighted by atomic mass is 32.2. The molecule has 1 atom stereocenters. The molecule has 3 aromatic carbocycles. The summed E-state index contributed by atoms with van der Waals surface area (Å²) in [5.74, 6) is 3.09. The van der Waals surface area contributed by atoms with E-state index < -0.39 is 0 Å². The Kier molecular flexibility index (Phi) is 5.89. The maximum atomic E-state index is 5.90. The maximum absolute atomic E-state index is 5.90. The molecule has 0 aromatic heterocycles. The average molecular weight is 450 g/mol. The van der Waals surface area contributed by atoms with Crippen LogP contribution in [0.25, 0.3) is 0 Å². The minimum Gasteiger partial charge on any atom is -0.497 e. The van der Waals surface area contributed by atoms with E-state index in [0.29, 0.717) is 11.8 Å². The number of nitrogens with zero attached hydrogens (tertiary/aromatic N) is 1. The number of hydrogen-bond donors (Lipinski definition) is 0. The zero-order valence-corrected chi connectivity index (χ0v) is 19.4. The van der Waals surface area contributed by atoms with E-state index in [-0.39, 0.29) is 0 Å². The van der Waals surface area contributed by atoms with E-state index in [1.807, 2.05) is 31.2 Å². The molecule has 0 N–H and O–H groups in total. The summed E-state index contributed by atoms with van der Waals surface area (Å²) in [6, 6.07) is 18.9. The van der Waals surface area contributed by atoms with Crippen LogP contribution in [0.5, 0.6) is 23.0 Å². The minimum absolute atomic E-state index is 0.370. The smallest absolute Gasteiger partial charge is 0.293 e. The van der Waals surface area contributed by atoms with Crippen molar-refractivity contribution >= 4 is 12.3 Å². The Bertz CT molecular complexity index is 1120. The van der Waals surface area contributed by atoms with Crippen molar-refractivity contribution in [2.75, 3.05) is 20.8 Å². The number of rotatable bonds is 6. The first-order chi connectivity index (χ1) is 15.6. The number of benzene rings is 3. The van der Waals surface area contributed by atoms with Crippen molar-refractivity contribution in [1.82, 2.24) is 4.90 Å². The Morgan fingerprint density at radius 2 is 1.59 bits per heavy atom. The van der Waals surface area contributed by atoms with Gasteiger partial charge in [-0.2, -0.15) is 0 Å². The van der Waals surface area contributed by atoms with E-state index in [1.54, 1.807) is 14.2 Å². The highest BCUT2D eigenvalue weighted by Crippen LogP contribution is 2.43. The zero-order chi connectivity index (χ0) is 22.1. The van der Waals surface area contributed by atoms with Crippen molar-refractivity contribution in [3.8, 4) is 23.0 Å². The molecule has 2 aliphatic heterocycles. The van der Waals surface area contributed by atoms with Gasteiger partial charge in [-0.25, -0.2) is 0 Å². The van der Waals surface area contributed by atoms with Crippen molar-refractivity contribution in [2.24, 2.45) is 0 Å². The van der Waals surface area contributed by atoms with E-state index in [2.05, 4.69) is 35.2 Å². The Labute approximate surface area is 193 Å². The van der Waals surface area contributed by atoms with Gasteiger partial charge in [-0.05, 0) is 78.4 Å². The predicted octanol–water partition coefficient (Wildman–Crippen LogP) is 5.69. The van der Waals surface area contributed by atoms with E-state index in [0.717, 1.165) is 55.5 Å². The van der Waals surface area contributed by atoms with Gasteiger partial charge in [0.05, 0.1) is 14.2 Å². The zero-order valence-electron chi connectivity index (χ0n) is 18.6. The van der Waals surface area contributed by atoms with Gasteiger partial charge in [-0.1, -0.05) is 23.8 Å². The number of ether oxygens (including phenoxy) is 2. The van der Waals surface area contributed by atoms with Crippen LogP contribution in [-0.2, 0) is 19.4 Å². The number of aryl methyl sites for hydroxylation is 1. The first-order valence-corrected chi connectivity index (χ1v) is 11.5. The molecule has 0 saturated heterocycles. The van der Waals surface area contributed by atoms with Crippen LogP contribution in [0, 0.1) is 6.92 Å². The fourth-order valence-corrected chi connectivity index (χ4v) is 5.04. The van der Waals surface area contributed by atoms with Crippen molar-refractivity contribution in [2.45, 2.75) is 32.4 Å². The van der Waals surface area contributed by atoms with E-state index >= 15 is 0 Å². The van der Waals surface area contributed by atoms with Gasteiger partial charge in [0.25, 0.3) is 12.3 Å². The molecule has 0 aliphatic carbocycles. The van der Waals surface area contributed by atoms with Gasteiger partial charge < -0.3 is 17.8 Å². The summed E-state index contributed by atoms with van der Waals surface area (Å²) in [5.41, 5.74) is 6.57. The van der Waals surface area contributed by atoms with E-state index in [1.165, 1.54) is 27.8 Å². The number of hydrogen-bond acceptors (Lipinski definition) is 6. The second-order valence-electron chi connectivity index (χ2n) is 8.32. The van der Waals surface area contributed by atoms with Crippen LogP contribution >= 0.6 is 12.3 Å². The van der Waals surface area contributed by atoms with Crippen molar-refractivity contribution in [3.63, 3.8) is 0 Å². The molecule has 0 saturated carbocycles. The largest absolute Gasteiger partial charge is 0.497 e. The average Bonchev–Trinajstić information content (AvgIpc) is 2.83. The highest BCUT2D eigenvalue weighted by molar-refractivity contribution is 7.90. The minimum atomic E-state index is 0.370. The van der Waals surface area contributed by atoms with Crippen LogP contribution in [0.1, 0.15) is 33.9 Å². The first kappa shape index (κ1) is 21.0. The van der Waals surface area contributed by atoms with Crippen molar-refractivity contribution in [1.29, 1.82) is 0 Å². The molecular formula is C26H27NO4S. The summed E-state index contributed by atoms with van der Waals surface area (Å²) in [5, 5.41) is 0. The van der Waals surface area contributed by atoms with Crippen LogP contribution in [0.2, 0.25) is 0 Å². The molecule has 1 unspecified atom stereocenters. The van der Waals surface area contributed by atoms with Crippen LogP contribution < -0.4 is 17.8 Å². The molecule has 0 spiro atoms. The quantitative estimate of drug-likeness (QED) is 0.451. The molecule has 5 nitrogen and oxygen atoms in total. The van der Waals surface area contributed by atoms with Gasteiger partial charge in [0.1, 0.15) is 11.5 Å². The SMILES string of the molecule is COc1ccc2c(c1)CCN1Cc3cc(OC)c(OSOc4ccc(C)cc4)cc3CC21. The van der Waals surface area contributed by atoms with E-state index in [9.17, 15) is 0 Å². The summed E-state index contributed by atoms with van der Waals surface area (Å²) in [4.78, 5) is 2.56. The van der Waals surface area contributed by atoms with Gasteiger partial charge in [0.2, 0.25) is 0 Å². The molecule has 0 radical (unpaired) electrons. The van der Waals surface area contributed by atoms with Crippen molar-refractivity contribution < 1.29 is 17.8 Å². The maximum Gasteiger partial charge on any atom is 0.293 e. The summed E-state index contributed by atoms with van der Waals surface area (Å²) in [6.07, 6.45) is 1.99. The van der Waals surface area contributed by atoms with Gasteiger partial charge >= 0.3 is 0 Å². The standard InChI is InChI=1S/C26H27NO4S/c1-17-4-6-21(7-5-17)30-32-31-26-14-19-13-24-23-9-8-22(28-2)12-18(23)10-11-27(24)16-20(19)15-25(26)29-3/h4-9,12,14-15,24H,10-11,13,16H2,1-3H3. The lowest BCUT2D eigenvalue weighted by molar-refractivity contribution is 0.160. The van der Waals surface area contributed by atoms with Crippen LogP contribution in [0.3, 0.4) is 0 Å². The molecule has 6 heteroatoms. The van der Waals surface area contributed by atoms with Gasteiger partial charge in [0.15, 0.2) is 11.5 Å². The third-order valence-electron chi connectivity index (χ3n) is 6.37. The fraction of sp³-hybridized carbons (Fsp3) is 0.308. The lowest BCUT2D eigenvalue weighted by atomic mass is 9.84. The van der Waals surface area contributed by atoms with Gasteiger partial charge in [0, 0.05) is 19.1 Å². The fourth-order valence-electron chi connectivity index (χ4n) is 4.62. The molecule has 166 valence electrons. The topological polar surface area (TPSA) is 40.2 Å². The lowest BCUT2D eigenvalue weighted by Gasteiger charge is -2.41. The summed E-state index contributed by atoms with van der Waals surface area (Å²) in [7, 11) is 3.40. The summed E-state index contributed by atoms with van der Waals surface area (Å²) in [6.45, 7) is 4.01. The Morgan fingerprint density at radius 1 is 0.812 bits per heavy atom. The molecule has 5 rings (SSSR count). The Hall–Kier alpha value is -2.83. The third kappa shape index (κ3) is 4.12. The normalized spacial score (nSPS) is 17.0. The predicted molar refractivity (Wildman–Crippen MR) is 127 cm³/mol. The van der Waals surface area contributed by atoms with Crippen LogP contribution in [-0.4, -0.2) is 25.7 Å². The monoisotopic (exact) mass is 449 g/mol. The summed E-state index contributed by atoms with van der Waals surface area (Å²) >= 11 is 0.957. The van der Waals surface area contributed by atoms with Crippen LogP contribution in [0.15, 0.2) is 54.6 Å². The van der Waals surface area contributed by atoms with E-state index in [4.69, 9.17) is 17.8 Å². The lowest BCUT2D eigenvalue weighted by Crippen LogP contribution is -2.39. The molecule has 2 aliphatic rings. The van der Waals surface area contributed by atoms with Gasteiger partial charge in [-0.3, -0.25) is 4.90 Å². The Morgan fingerprint density at radius 3 is 2.38 bits per heavy atom. The molecular weight excluding hydrogens is 422 g/mol. The highest BCUT2D eigenvalue weighted by Gasteiger charge is 2.33. The van der Waals surface area contributed by atoms with Crippen LogP contribution in [0.4, 0.5) is 0 Å². The first-order valence-electron chi connectivity index (χ1n) is 10.8. The van der Waals surface area contributed by atoms with Crippen molar-refractivity contribution in [3.05, 3.63) is 82.4 Å². The number of fused-ring (bicyclic) bond motifs is 4. The summed E-state index contributed by atoms with van der Waals surface area (Å²) < 4.78 is 22.6.